The van der Waals surface area contributed by atoms with Crippen LogP contribution in [0.2, 0.25) is 0 Å². The Morgan fingerprint density at radius 2 is 1.67 bits per heavy atom. The van der Waals surface area contributed by atoms with Crippen molar-refractivity contribution in [3.63, 3.8) is 0 Å². The molecule has 0 saturated heterocycles. The Hall–Kier alpha value is -0.820. The normalized spacial score (nSPS) is 15.4. The number of hydrogen-bond acceptors (Lipinski definition) is 1. The minimum absolute atomic E-state index is 0.240. The minimum atomic E-state index is 0.240. The van der Waals surface area contributed by atoms with Gasteiger partial charge in [-0.2, -0.15) is 0 Å². The number of hydrogen-bond donors (Lipinski definition) is 1. The van der Waals surface area contributed by atoms with Crippen molar-refractivity contribution < 1.29 is 0 Å². The summed E-state index contributed by atoms with van der Waals surface area (Å²) >= 11 is 0. The molecule has 0 radical (unpaired) electrons. The summed E-state index contributed by atoms with van der Waals surface area (Å²) in [5.74, 6) is 0.768. The van der Waals surface area contributed by atoms with Gasteiger partial charge in [0, 0.05) is 6.04 Å². The fourth-order valence-electron chi connectivity index (χ4n) is 2.21. The molecular formula is C17H29N. The van der Waals surface area contributed by atoms with Crippen LogP contribution in [0.5, 0.6) is 0 Å². The highest BCUT2D eigenvalue weighted by Crippen LogP contribution is 2.26. The predicted octanol–water partition coefficient (Wildman–Crippen LogP) is 4.68. The van der Waals surface area contributed by atoms with E-state index < -0.39 is 0 Å². The molecule has 0 fully saturated rings. The molecular weight excluding hydrogens is 218 g/mol. The Labute approximate surface area is 113 Å². The van der Waals surface area contributed by atoms with Crippen LogP contribution in [0, 0.1) is 5.92 Å². The lowest BCUT2D eigenvalue weighted by atomic mass is 9.85. The van der Waals surface area contributed by atoms with Crippen LogP contribution in [-0.2, 0) is 5.41 Å². The molecule has 0 aliphatic rings. The van der Waals surface area contributed by atoms with Gasteiger partial charge in [-0.15, -0.1) is 0 Å². The van der Waals surface area contributed by atoms with Gasteiger partial charge in [-0.1, -0.05) is 65.3 Å². The van der Waals surface area contributed by atoms with Gasteiger partial charge in [-0.05, 0) is 35.9 Å². The van der Waals surface area contributed by atoms with Gasteiger partial charge in [-0.3, -0.25) is 0 Å². The second kappa shape index (κ2) is 6.38. The van der Waals surface area contributed by atoms with Gasteiger partial charge in [0.1, 0.15) is 0 Å². The fourth-order valence-corrected chi connectivity index (χ4v) is 2.21. The summed E-state index contributed by atoms with van der Waals surface area (Å²) in [5.41, 5.74) is 3.06. The molecule has 0 aliphatic heterocycles. The first-order chi connectivity index (χ1) is 8.38. The third-order valence-corrected chi connectivity index (χ3v) is 3.86. The van der Waals surface area contributed by atoms with E-state index in [1.165, 1.54) is 24.0 Å². The molecule has 0 aromatic heterocycles. The standard InChI is InChI=1S/C17H29N/c1-7-13(2)12-16(18-6)14-8-10-15(11-9-14)17(3,4)5/h8-11,13,16,18H,7,12H2,1-6H3. The van der Waals surface area contributed by atoms with E-state index in [1.807, 2.05) is 0 Å². The zero-order valence-corrected chi connectivity index (χ0v) is 12.9. The van der Waals surface area contributed by atoms with Crippen LogP contribution in [0.3, 0.4) is 0 Å². The Bertz CT molecular complexity index is 345. The summed E-state index contributed by atoms with van der Waals surface area (Å²) in [5, 5.41) is 3.44. The molecule has 0 spiro atoms. The van der Waals surface area contributed by atoms with E-state index in [-0.39, 0.29) is 5.41 Å². The number of benzene rings is 1. The van der Waals surface area contributed by atoms with E-state index >= 15 is 0 Å². The van der Waals surface area contributed by atoms with Crippen molar-refractivity contribution in [3.8, 4) is 0 Å². The molecule has 0 amide bonds. The highest BCUT2D eigenvalue weighted by atomic mass is 14.9. The summed E-state index contributed by atoms with van der Waals surface area (Å²) < 4.78 is 0. The van der Waals surface area contributed by atoms with E-state index in [9.17, 15) is 0 Å². The van der Waals surface area contributed by atoms with Crippen molar-refractivity contribution in [3.05, 3.63) is 35.4 Å². The van der Waals surface area contributed by atoms with E-state index in [1.54, 1.807) is 0 Å². The van der Waals surface area contributed by atoms with Gasteiger partial charge < -0.3 is 5.32 Å². The monoisotopic (exact) mass is 247 g/mol. The first kappa shape index (κ1) is 15.2. The summed E-state index contributed by atoms with van der Waals surface area (Å²) in [4.78, 5) is 0. The van der Waals surface area contributed by atoms with Gasteiger partial charge >= 0.3 is 0 Å². The topological polar surface area (TPSA) is 12.0 Å². The Balaban J connectivity index is 2.82. The van der Waals surface area contributed by atoms with Crippen LogP contribution in [0.4, 0.5) is 0 Å². The second-order valence-corrected chi connectivity index (χ2v) is 6.46. The van der Waals surface area contributed by atoms with Crippen LogP contribution < -0.4 is 5.32 Å². The molecule has 1 nitrogen and oxygen atoms in total. The van der Waals surface area contributed by atoms with Crippen molar-refractivity contribution >= 4 is 0 Å². The molecule has 2 unspecified atom stereocenters. The highest BCUT2D eigenvalue weighted by molar-refractivity contribution is 5.29. The molecule has 102 valence electrons. The molecule has 0 heterocycles. The molecule has 2 atom stereocenters. The van der Waals surface area contributed by atoms with E-state index in [0.29, 0.717) is 6.04 Å². The first-order valence-corrected chi connectivity index (χ1v) is 7.16. The third-order valence-electron chi connectivity index (χ3n) is 3.86. The van der Waals surface area contributed by atoms with Crippen molar-refractivity contribution in [1.29, 1.82) is 0 Å². The maximum absolute atomic E-state index is 3.44. The molecule has 1 aromatic carbocycles. The third kappa shape index (κ3) is 4.13. The maximum Gasteiger partial charge on any atom is 0.0320 e. The molecule has 1 N–H and O–H groups in total. The highest BCUT2D eigenvalue weighted by Gasteiger charge is 2.16. The summed E-state index contributed by atoms with van der Waals surface area (Å²) in [6.07, 6.45) is 2.46. The molecule has 0 bridgehead atoms. The van der Waals surface area contributed by atoms with Crippen LogP contribution in [0.1, 0.15) is 64.6 Å². The summed E-state index contributed by atoms with van der Waals surface area (Å²) in [6, 6.07) is 9.59. The van der Waals surface area contributed by atoms with E-state index in [0.717, 1.165) is 5.92 Å². The molecule has 0 saturated carbocycles. The molecule has 1 rings (SSSR count). The Morgan fingerprint density at radius 3 is 2.06 bits per heavy atom. The lowest BCUT2D eigenvalue weighted by molar-refractivity contribution is 0.422. The molecule has 0 aliphatic carbocycles. The average Bonchev–Trinajstić information content (AvgIpc) is 2.34. The summed E-state index contributed by atoms with van der Waals surface area (Å²) in [6.45, 7) is 11.4. The van der Waals surface area contributed by atoms with E-state index in [2.05, 4.69) is 71.2 Å². The fraction of sp³-hybridized carbons (Fsp3) is 0.647. The SMILES string of the molecule is CCC(C)CC(NC)c1ccc(C(C)(C)C)cc1. The van der Waals surface area contributed by atoms with Gasteiger partial charge in [0.05, 0.1) is 0 Å². The first-order valence-electron chi connectivity index (χ1n) is 7.16. The van der Waals surface area contributed by atoms with Crippen molar-refractivity contribution in [1.82, 2.24) is 5.32 Å². The lowest BCUT2D eigenvalue weighted by Gasteiger charge is -2.23. The maximum atomic E-state index is 3.44. The largest absolute Gasteiger partial charge is 0.313 e. The second-order valence-electron chi connectivity index (χ2n) is 6.46. The smallest absolute Gasteiger partial charge is 0.0320 e. The molecule has 18 heavy (non-hydrogen) atoms. The minimum Gasteiger partial charge on any atom is -0.313 e. The summed E-state index contributed by atoms with van der Waals surface area (Å²) in [7, 11) is 2.06. The van der Waals surface area contributed by atoms with Crippen molar-refractivity contribution in [2.45, 2.75) is 58.9 Å². The Morgan fingerprint density at radius 1 is 1.11 bits per heavy atom. The number of rotatable bonds is 5. The van der Waals surface area contributed by atoms with Crippen molar-refractivity contribution in [2.75, 3.05) is 7.05 Å². The quantitative estimate of drug-likeness (QED) is 0.796. The molecule has 1 aromatic rings. The van der Waals surface area contributed by atoms with Gasteiger partial charge in [0.15, 0.2) is 0 Å². The zero-order valence-electron chi connectivity index (χ0n) is 12.9. The van der Waals surface area contributed by atoms with Crippen LogP contribution in [0.15, 0.2) is 24.3 Å². The molecule has 1 heteroatoms. The van der Waals surface area contributed by atoms with Gasteiger partial charge in [0.2, 0.25) is 0 Å². The number of nitrogens with one attached hydrogen (secondary N) is 1. The predicted molar refractivity (Wildman–Crippen MR) is 81.0 cm³/mol. The van der Waals surface area contributed by atoms with Gasteiger partial charge in [-0.25, -0.2) is 0 Å². The van der Waals surface area contributed by atoms with Gasteiger partial charge in [0.25, 0.3) is 0 Å². The Kier molecular flexibility index (Phi) is 5.40. The van der Waals surface area contributed by atoms with Crippen molar-refractivity contribution in [2.24, 2.45) is 5.92 Å². The average molecular weight is 247 g/mol. The van der Waals surface area contributed by atoms with E-state index in [4.69, 9.17) is 0 Å². The van der Waals surface area contributed by atoms with Crippen LogP contribution in [-0.4, -0.2) is 7.05 Å². The lowest BCUT2D eigenvalue weighted by Crippen LogP contribution is -2.19. The zero-order chi connectivity index (χ0) is 13.8. The van der Waals surface area contributed by atoms with Crippen LogP contribution in [0.25, 0.3) is 0 Å². The van der Waals surface area contributed by atoms with Crippen LogP contribution >= 0.6 is 0 Å².